The average molecular weight is 459 g/mol. The summed E-state index contributed by atoms with van der Waals surface area (Å²) in [6.07, 6.45) is 13.8. The Morgan fingerprint density at radius 2 is 1.44 bits per heavy atom. The molecule has 0 aliphatic carbocycles. The topological polar surface area (TPSA) is 67.0 Å². The molecule has 0 saturated carbocycles. The Morgan fingerprint density at radius 3 is 2.09 bits per heavy atom. The smallest absolute Gasteiger partial charge is 0.261 e. The van der Waals surface area contributed by atoms with Gasteiger partial charge in [-0.3, -0.25) is 14.5 Å². The molecule has 0 spiro atoms. The molecule has 3 heterocycles. The van der Waals surface area contributed by atoms with Gasteiger partial charge in [-0.2, -0.15) is 0 Å². The largest absolute Gasteiger partial charge is 0.384 e. The SMILES string of the molecule is C[n+]1ccn(CCCNc2ccc3c4c(cccc24)C(=O)N(CCCn2cc[n+](C)c2)C3=O)c1. The number of hydrogen-bond donors (Lipinski definition) is 1. The molecular formula is C26H30N6O2+2. The maximum absolute atomic E-state index is 13.3. The molecule has 0 atom stereocenters. The summed E-state index contributed by atoms with van der Waals surface area (Å²) in [5.74, 6) is -0.419. The first kappa shape index (κ1) is 21.9. The Kier molecular flexibility index (Phi) is 5.88. The number of imide groups is 1. The highest BCUT2D eigenvalue weighted by atomic mass is 16.2. The van der Waals surface area contributed by atoms with Crippen molar-refractivity contribution in [2.45, 2.75) is 25.9 Å². The molecule has 2 aromatic heterocycles. The summed E-state index contributed by atoms with van der Waals surface area (Å²) in [5.41, 5.74) is 2.15. The molecule has 1 N–H and O–H groups in total. The molecule has 5 rings (SSSR count). The normalized spacial score (nSPS) is 13.2. The van der Waals surface area contributed by atoms with E-state index in [-0.39, 0.29) is 11.8 Å². The van der Waals surface area contributed by atoms with Crippen LogP contribution in [0.15, 0.2) is 67.8 Å². The standard InChI is InChI=1S/C26H29N6O2/c1-28-14-16-30(18-28)11-4-10-27-23-9-8-22-24-20(23)6-3-7-21(24)25(33)32(26(22)34)13-5-12-31-17-15-29(2)19-31/h3,6-9,14-19H,4-5,10-13H2,1-2H3/q+1/p+1. The number of carbonyl (C=O) groups is 2. The van der Waals surface area contributed by atoms with Crippen molar-refractivity contribution in [2.24, 2.45) is 14.1 Å². The molecule has 8 heteroatoms. The summed E-state index contributed by atoms with van der Waals surface area (Å²) in [4.78, 5) is 27.9. The van der Waals surface area contributed by atoms with Gasteiger partial charge in [-0.15, -0.1) is 0 Å². The van der Waals surface area contributed by atoms with Gasteiger partial charge >= 0.3 is 0 Å². The van der Waals surface area contributed by atoms with Crippen LogP contribution in [0.4, 0.5) is 5.69 Å². The third-order valence-electron chi connectivity index (χ3n) is 6.35. The summed E-state index contributed by atoms with van der Waals surface area (Å²) in [6, 6.07) is 9.53. The minimum absolute atomic E-state index is 0.209. The van der Waals surface area contributed by atoms with Gasteiger partial charge in [0.05, 0.1) is 27.2 Å². The zero-order chi connectivity index (χ0) is 23.7. The van der Waals surface area contributed by atoms with Crippen LogP contribution in [0, 0.1) is 0 Å². The first-order valence-corrected chi connectivity index (χ1v) is 11.7. The summed E-state index contributed by atoms with van der Waals surface area (Å²) in [7, 11) is 3.98. The van der Waals surface area contributed by atoms with E-state index in [2.05, 4.69) is 27.0 Å². The third kappa shape index (κ3) is 4.19. The lowest BCUT2D eigenvalue weighted by Crippen LogP contribution is -2.41. The predicted molar refractivity (Wildman–Crippen MR) is 128 cm³/mol. The number of anilines is 1. The maximum Gasteiger partial charge on any atom is 0.261 e. The number of benzene rings is 2. The molecule has 0 unspecified atom stereocenters. The van der Waals surface area contributed by atoms with E-state index in [1.54, 1.807) is 0 Å². The quantitative estimate of drug-likeness (QED) is 0.238. The Labute approximate surface area is 198 Å². The van der Waals surface area contributed by atoms with Gasteiger partial charge in [0.2, 0.25) is 12.7 Å². The van der Waals surface area contributed by atoms with E-state index < -0.39 is 0 Å². The number of hydrogen-bond acceptors (Lipinski definition) is 3. The fraction of sp³-hybridized carbons (Fsp3) is 0.308. The van der Waals surface area contributed by atoms with E-state index in [0.29, 0.717) is 24.1 Å². The molecule has 0 saturated heterocycles. The van der Waals surface area contributed by atoms with Crippen LogP contribution in [-0.4, -0.2) is 38.9 Å². The second-order valence-electron chi connectivity index (χ2n) is 8.92. The van der Waals surface area contributed by atoms with Crippen LogP contribution in [0.5, 0.6) is 0 Å². The molecule has 174 valence electrons. The Bertz CT molecular complexity index is 1350. The number of imidazole rings is 2. The molecule has 1 aliphatic heterocycles. The van der Waals surface area contributed by atoms with E-state index >= 15 is 0 Å². The van der Waals surface area contributed by atoms with Crippen LogP contribution in [0.25, 0.3) is 10.8 Å². The van der Waals surface area contributed by atoms with Crippen molar-refractivity contribution < 1.29 is 18.7 Å². The van der Waals surface area contributed by atoms with Crippen molar-refractivity contribution in [1.82, 2.24) is 14.0 Å². The highest BCUT2D eigenvalue weighted by Gasteiger charge is 2.33. The van der Waals surface area contributed by atoms with Crippen molar-refractivity contribution >= 4 is 28.3 Å². The van der Waals surface area contributed by atoms with E-state index in [1.807, 2.05) is 78.5 Å². The van der Waals surface area contributed by atoms with E-state index in [9.17, 15) is 9.59 Å². The van der Waals surface area contributed by atoms with Crippen LogP contribution >= 0.6 is 0 Å². The Hall–Kier alpha value is -3.94. The van der Waals surface area contributed by atoms with Gasteiger partial charge < -0.3 is 5.32 Å². The Balaban J connectivity index is 1.30. The highest BCUT2D eigenvalue weighted by Crippen LogP contribution is 2.34. The number of nitrogens with one attached hydrogen (secondary N) is 1. The molecule has 4 aromatic rings. The molecule has 1 aliphatic rings. The van der Waals surface area contributed by atoms with Gasteiger partial charge in [0, 0.05) is 53.5 Å². The molecule has 0 radical (unpaired) electrons. The van der Waals surface area contributed by atoms with Crippen molar-refractivity contribution in [3.05, 3.63) is 78.9 Å². The molecule has 2 amide bonds. The van der Waals surface area contributed by atoms with Gasteiger partial charge in [0.1, 0.15) is 24.8 Å². The number of aryl methyl sites for hydroxylation is 4. The number of carbonyl (C=O) groups excluding carboxylic acids is 2. The van der Waals surface area contributed by atoms with Crippen LogP contribution < -0.4 is 14.5 Å². The second-order valence-corrected chi connectivity index (χ2v) is 8.92. The van der Waals surface area contributed by atoms with Crippen LogP contribution in [-0.2, 0) is 27.2 Å². The fourth-order valence-corrected chi connectivity index (χ4v) is 4.67. The number of amides is 2. The van der Waals surface area contributed by atoms with Gasteiger partial charge in [-0.1, -0.05) is 12.1 Å². The van der Waals surface area contributed by atoms with Crippen LogP contribution in [0.2, 0.25) is 0 Å². The van der Waals surface area contributed by atoms with Crippen molar-refractivity contribution in [2.75, 3.05) is 18.4 Å². The minimum Gasteiger partial charge on any atom is -0.384 e. The molecule has 8 nitrogen and oxygen atoms in total. The zero-order valence-corrected chi connectivity index (χ0v) is 19.6. The van der Waals surface area contributed by atoms with Crippen molar-refractivity contribution in [1.29, 1.82) is 0 Å². The fourth-order valence-electron chi connectivity index (χ4n) is 4.67. The summed E-state index contributed by atoms with van der Waals surface area (Å²) in [5, 5.41) is 5.18. The third-order valence-corrected chi connectivity index (χ3v) is 6.35. The zero-order valence-electron chi connectivity index (χ0n) is 19.6. The molecule has 0 bridgehead atoms. The molecule has 34 heavy (non-hydrogen) atoms. The summed E-state index contributed by atoms with van der Waals surface area (Å²) >= 11 is 0. The Morgan fingerprint density at radius 1 is 0.794 bits per heavy atom. The van der Waals surface area contributed by atoms with Crippen LogP contribution in [0.1, 0.15) is 33.6 Å². The van der Waals surface area contributed by atoms with E-state index in [0.717, 1.165) is 42.5 Å². The van der Waals surface area contributed by atoms with Crippen LogP contribution in [0.3, 0.4) is 0 Å². The average Bonchev–Trinajstić information content (AvgIpc) is 3.45. The maximum atomic E-state index is 13.3. The summed E-state index contributed by atoms with van der Waals surface area (Å²) < 4.78 is 8.21. The molecule has 2 aromatic carbocycles. The van der Waals surface area contributed by atoms with Crippen molar-refractivity contribution in [3.63, 3.8) is 0 Å². The predicted octanol–water partition coefficient (Wildman–Crippen LogP) is 2.28. The first-order valence-electron chi connectivity index (χ1n) is 11.7. The first-order chi connectivity index (χ1) is 16.5. The highest BCUT2D eigenvalue weighted by molar-refractivity contribution is 6.26. The van der Waals surface area contributed by atoms with Gasteiger partial charge in [0.25, 0.3) is 11.8 Å². The number of rotatable bonds is 9. The lowest BCUT2D eigenvalue weighted by atomic mass is 9.93. The lowest BCUT2D eigenvalue weighted by molar-refractivity contribution is -0.671. The number of aromatic nitrogens is 4. The lowest BCUT2D eigenvalue weighted by Gasteiger charge is -2.27. The second kappa shape index (κ2) is 9.13. The van der Waals surface area contributed by atoms with Crippen molar-refractivity contribution in [3.8, 4) is 0 Å². The monoisotopic (exact) mass is 458 g/mol. The van der Waals surface area contributed by atoms with E-state index in [1.165, 1.54) is 4.90 Å². The molecule has 0 fully saturated rings. The van der Waals surface area contributed by atoms with Gasteiger partial charge in [0.15, 0.2) is 0 Å². The van der Waals surface area contributed by atoms with Gasteiger partial charge in [-0.05, 0) is 18.2 Å². The summed E-state index contributed by atoms with van der Waals surface area (Å²) in [6.45, 7) is 2.86. The minimum atomic E-state index is -0.209. The number of nitrogens with zero attached hydrogens (tertiary/aromatic N) is 5. The molecular weight excluding hydrogens is 428 g/mol. The van der Waals surface area contributed by atoms with E-state index in [4.69, 9.17) is 0 Å². The van der Waals surface area contributed by atoms with Gasteiger partial charge in [-0.25, -0.2) is 18.3 Å².